The van der Waals surface area contributed by atoms with Gasteiger partial charge < -0.3 is 4.90 Å². The predicted octanol–water partition coefficient (Wildman–Crippen LogP) is 2.90. The van der Waals surface area contributed by atoms with Crippen molar-refractivity contribution in [1.29, 1.82) is 0 Å². The summed E-state index contributed by atoms with van der Waals surface area (Å²) < 4.78 is 0. The number of hydrogen-bond donors (Lipinski definition) is 1. The third-order valence-corrected chi connectivity index (χ3v) is 4.49. The van der Waals surface area contributed by atoms with Gasteiger partial charge in [-0.05, 0) is 38.5 Å². The minimum Gasteiger partial charge on any atom is -0.335 e. The van der Waals surface area contributed by atoms with Crippen LogP contribution >= 0.6 is 0 Å². The Morgan fingerprint density at radius 3 is 2.63 bits per heavy atom. The lowest BCUT2D eigenvalue weighted by atomic mass is 9.89. The van der Waals surface area contributed by atoms with Gasteiger partial charge >= 0.3 is 0 Å². The zero-order chi connectivity index (χ0) is 13.2. The van der Waals surface area contributed by atoms with E-state index in [4.69, 9.17) is 0 Å². The van der Waals surface area contributed by atoms with Crippen LogP contribution in [0, 0.1) is 12.8 Å². The molecule has 1 N–H and O–H groups in total. The molecular weight excluding hydrogens is 238 g/mol. The fraction of sp³-hybridized carbons (Fsp3) is 0.733. The lowest BCUT2D eigenvalue weighted by Gasteiger charge is -2.30. The van der Waals surface area contributed by atoms with Crippen molar-refractivity contribution in [1.82, 2.24) is 15.1 Å². The summed E-state index contributed by atoms with van der Waals surface area (Å²) in [4.78, 5) is 14.8. The highest BCUT2D eigenvalue weighted by molar-refractivity contribution is 5.95. The minimum absolute atomic E-state index is 0.180. The summed E-state index contributed by atoms with van der Waals surface area (Å²) in [5.41, 5.74) is 1.64. The summed E-state index contributed by atoms with van der Waals surface area (Å²) in [5.74, 6) is 0.893. The van der Waals surface area contributed by atoms with Crippen molar-refractivity contribution in [2.45, 2.75) is 57.9 Å². The monoisotopic (exact) mass is 261 g/mol. The van der Waals surface area contributed by atoms with E-state index in [-0.39, 0.29) is 5.91 Å². The first kappa shape index (κ1) is 12.7. The lowest BCUT2D eigenvalue weighted by Crippen LogP contribution is -2.38. The molecule has 1 aromatic heterocycles. The molecule has 2 aliphatic carbocycles. The van der Waals surface area contributed by atoms with Crippen LogP contribution in [0.3, 0.4) is 0 Å². The number of H-pyrrole nitrogens is 1. The molecular formula is C15H23N3O. The van der Waals surface area contributed by atoms with E-state index < -0.39 is 0 Å². The zero-order valence-electron chi connectivity index (χ0n) is 11.7. The summed E-state index contributed by atoms with van der Waals surface area (Å²) in [6, 6.07) is 0.490. The standard InChI is InChI=1S/C15H23N3O/c1-11-14(9-16-17-11)15(19)18(13-7-8-13)10-12-5-3-2-4-6-12/h9,12-13H,2-8,10H2,1H3,(H,16,17). The Kier molecular flexibility index (Phi) is 3.58. The van der Waals surface area contributed by atoms with Crippen LogP contribution < -0.4 is 0 Å². The van der Waals surface area contributed by atoms with Gasteiger partial charge in [-0.15, -0.1) is 0 Å². The summed E-state index contributed by atoms with van der Waals surface area (Å²) in [6.07, 6.45) is 10.7. The van der Waals surface area contributed by atoms with E-state index in [1.165, 1.54) is 44.9 Å². The first-order valence-corrected chi connectivity index (χ1v) is 7.56. The van der Waals surface area contributed by atoms with Crippen LogP contribution in [0.25, 0.3) is 0 Å². The van der Waals surface area contributed by atoms with Gasteiger partial charge in [-0.25, -0.2) is 0 Å². The summed E-state index contributed by atoms with van der Waals surface area (Å²) in [7, 11) is 0. The van der Waals surface area contributed by atoms with E-state index in [2.05, 4.69) is 15.1 Å². The number of aryl methyl sites for hydroxylation is 1. The van der Waals surface area contributed by atoms with Crippen molar-refractivity contribution in [2.75, 3.05) is 6.54 Å². The molecule has 104 valence electrons. The van der Waals surface area contributed by atoms with E-state index in [1.54, 1.807) is 6.20 Å². The van der Waals surface area contributed by atoms with Crippen molar-refractivity contribution in [3.05, 3.63) is 17.5 Å². The molecule has 0 atom stereocenters. The average molecular weight is 261 g/mol. The SMILES string of the molecule is Cc1[nH]ncc1C(=O)N(CC1CCCCC1)C1CC1. The molecule has 1 aromatic rings. The van der Waals surface area contributed by atoms with Crippen molar-refractivity contribution in [3.8, 4) is 0 Å². The summed E-state index contributed by atoms with van der Waals surface area (Å²) in [5, 5.41) is 6.85. The Morgan fingerprint density at radius 1 is 1.32 bits per heavy atom. The number of rotatable bonds is 4. The maximum Gasteiger partial charge on any atom is 0.257 e. The number of carbonyl (C=O) groups is 1. The second kappa shape index (κ2) is 5.35. The second-order valence-electron chi connectivity index (χ2n) is 6.10. The molecule has 0 aromatic carbocycles. The van der Waals surface area contributed by atoms with Crippen molar-refractivity contribution < 1.29 is 4.79 Å². The molecule has 2 fully saturated rings. The van der Waals surface area contributed by atoms with E-state index in [0.29, 0.717) is 12.0 Å². The highest BCUT2D eigenvalue weighted by atomic mass is 16.2. The van der Waals surface area contributed by atoms with Gasteiger partial charge in [0.25, 0.3) is 5.91 Å². The van der Waals surface area contributed by atoms with E-state index in [9.17, 15) is 4.79 Å². The van der Waals surface area contributed by atoms with Gasteiger partial charge in [0.05, 0.1) is 11.8 Å². The van der Waals surface area contributed by atoms with Gasteiger partial charge in [0.15, 0.2) is 0 Å². The first-order chi connectivity index (χ1) is 9.25. The maximum absolute atomic E-state index is 12.6. The van der Waals surface area contributed by atoms with Gasteiger partial charge in [0.2, 0.25) is 0 Å². The van der Waals surface area contributed by atoms with Gasteiger partial charge in [0, 0.05) is 18.3 Å². The normalized spacial score (nSPS) is 20.5. The largest absolute Gasteiger partial charge is 0.335 e. The van der Waals surface area contributed by atoms with Gasteiger partial charge in [-0.1, -0.05) is 19.3 Å². The van der Waals surface area contributed by atoms with Crippen molar-refractivity contribution >= 4 is 5.91 Å². The lowest BCUT2D eigenvalue weighted by molar-refractivity contribution is 0.0698. The van der Waals surface area contributed by atoms with Gasteiger partial charge in [0.1, 0.15) is 0 Å². The Bertz CT molecular complexity index is 444. The molecule has 0 spiro atoms. The Labute approximate surface area is 114 Å². The Morgan fingerprint density at radius 2 is 2.05 bits per heavy atom. The van der Waals surface area contributed by atoms with E-state index in [0.717, 1.165) is 17.8 Å². The van der Waals surface area contributed by atoms with E-state index >= 15 is 0 Å². The quantitative estimate of drug-likeness (QED) is 0.906. The Balaban J connectivity index is 1.70. The highest BCUT2D eigenvalue weighted by Gasteiger charge is 2.35. The van der Waals surface area contributed by atoms with Crippen LogP contribution in [0.15, 0.2) is 6.20 Å². The molecule has 4 heteroatoms. The fourth-order valence-corrected chi connectivity index (χ4v) is 3.15. The topological polar surface area (TPSA) is 49.0 Å². The predicted molar refractivity (Wildman–Crippen MR) is 74.0 cm³/mol. The smallest absolute Gasteiger partial charge is 0.257 e. The summed E-state index contributed by atoms with van der Waals surface area (Å²) >= 11 is 0. The van der Waals surface area contributed by atoms with Crippen LogP contribution in [0.4, 0.5) is 0 Å². The highest BCUT2D eigenvalue weighted by Crippen LogP contribution is 2.32. The number of aromatic nitrogens is 2. The number of nitrogens with one attached hydrogen (secondary N) is 1. The minimum atomic E-state index is 0.180. The molecule has 0 bridgehead atoms. The fourth-order valence-electron chi connectivity index (χ4n) is 3.15. The molecule has 1 heterocycles. The average Bonchev–Trinajstić information content (AvgIpc) is 3.18. The van der Waals surface area contributed by atoms with Crippen LogP contribution in [0.2, 0.25) is 0 Å². The number of nitrogens with zero attached hydrogens (tertiary/aromatic N) is 2. The van der Waals surface area contributed by atoms with Gasteiger partial charge in [-0.2, -0.15) is 5.10 Å². The van der Waals surface area contributed by atoms with E-state index in [1.807, 2.05) is 6.92 Å². The molecule has 4 nitrogen and oxygen atoms in total. The molecule has 0 unspecified atom stereocenters. The molecule has 0 aliphatic heterocycles. The van der Waals surface area contributed by atoms with Crippen LogP contribution in [0.1, 0.15) is 61.0 Å². The van der Waals surface area contributed by atoms with Gasteiger partial charge in [-0.3, -0.25) is 9.89 Å². The molecule has 19 heavy (non-hydrogen) atoms. The Hall–Kier alpha value is -1.32. The molecule has 1 amide bonds. The molecule has 0 saturated heterocycles. The zero-order valence-corrected chi connectivity index (χ0v) is 11.7. The first-order valence-electron chi connectivity index (χ1n) is 7.56. The molecule has 3 rings (SSSR count). The molecule has 2 saturated carbocycles. The number of carbonyl (C=O) groups excluding carboxylic acids is 1. The van der Waals surface area contributed by atoms with Crippen LogP contribution in [-0.2, 0) is 0 Å². The number of hydrogen-bond acceptors (Lipinski definition) is 2. The molecule has 0 radical (unpaired) electrons. The second-order valence-corrected chi connectivity index (χ2v) is 6.10. The maximum atomic E-state index is 12.6. The van der Waals surface area contributed by atoms with Crippen LogP contribution in [0.5, 0.6) is 0 Å². The number of aromatic amines is 1. The number of amides is 1. The van der Waals surface area contributed by atoms with Crippen molar-refractivity contribution in [3.63, 3.8) is 0 Å². The molecule has 2 aliphatic rings. The summed E-state index contributed by atoms with van der Waals surface area (Å²) in [6.45, 7) is 2.88. The third kappa shape index (κ3) is 2.82. The van der Waals surface area contributed by atoms with Crippen molar-refractivity contribution in [2.24, 2.45) is 5.92 Å². The van der Waals surface area contributed by atoms with Crippen LogP contribution in [-0.4, -0.2) is 33.6 Å². The third-order valence-electron chi connectivity index (χ3n) is 4.49.